The molecule has 0 saturated heterocycles. The highest BCUT2D eigenvalue weighted by atomic mass is 19.1. The molecule has 0 fully saturated rings. The molecule has 0 aliphatic heterocycles. The maximum atomic E-state index is 14.2. The number of carboxylic acid groups (broad SMARTS) is 1. The normalized spacial score (nSPS) is 10.4. The third-order valence-electron chi connectivity index (χ3n) is 3.55. The molecule has 7 nitrogen and oxygen atoms in total. The average molecular weight is 388 g/mol. The van der Waals surface area contributed by atoms with Crippen LogP contribution in [-0.2, 0) is 9.59 Å². The van der Waals surface area contributed by atoms with Crippen LogP contribution in [0, 0.1) is 11.7 Å². The Morgan fingerprint density at radius 1 is 1.11 bits per heavy atom. The largest absolute Gasteiger partial charge is 0.482 e. The Hall–Kier alpha value is -3.42. The van der Waals surface area contributed by atoms with Gasteiger partial charge in [0.15, 0.2) is 6.61 Å². The zero-order valence-electron chi connectivity index (χ0n) is 15.5. The lowest BCUT2D eigenvalue weighted by Gasteiger charge is -2.10. The van der Waals surface area contributed by atoms with Gasteiger partial charge in [-0.15, -0.1) is 0 Å². The first-order valence-electron chi connectivity index (χ1n) is 8.60. The van der Waals surface area contributed by atoms with Gasteiger partial charge < -0.3 is 20.5 Å². The fourth-order valence-electron chi connectivity index (χ4n) is 2.34. The van der Waals surface area contributed by atoms with Gasteiger partial charge in [0.05, 0.1) is 5.69 Å². The lowest BCUT2D eigenvalue weighted by Crippen LogP contribution is -2.16. The van der Waals surface area contributed by atoms with Crippen LogP contribution < -0.4 is 15.4 Å². The maximum absolute atomic E-state index is 14.2. The Kier molecular flexibility index (Phi) is 7.08. The van der Waals surface area contributed by atoms with Crippen LogP contribution in [-0.4, -0.2) is 29.5 Å². The molecule has 0 heterocycles. The predicted molar refractivity (Wildman–Crippen MR) is 102 cm³/mol. The van der Waals surface area contributed by atoms with Crippen molar-refractivity contribution < 1.29 is 28.6 Å². The van der Waals surface area contributed by atoms with E-state index in [1.165, 1.54) is 18.2 Å². The van der Waals surface area contributed by atoms with E-state index in [2.05, 4.69) is 10.6 Å². The maximum Gasteiger partial charge on any atom is 0.341 e. The summed E-state index contributed by atoms with van der Waals surface area (Å²) >= 11 is 0. The number of amides is 2. The summed E-state index contributed by atoms with van der Waals surface area (Å²) in [4.78, 5) is 34.6. The lowest BCUT2D eigenvalue weighted by molar-refractivity contribution is -0.139. The molecule has 2 aromatic carbocycles. The smallest absolute Gasteiger partial charge is 0.341 e. The first-order chi connectivity index (χ1) is 13.2. The van der Waals surface area contributed by atoms with E-state index in [0.717, 1.165) is 6.07 Å². The fourth-order valence-corrected chi connectivity index (χ4v) is 2.34. The van der Waals surface area contributed by atoms with E-state index in [-0.39, 0.29) is 35.2 Å². The molecule has 0 aliphatic carbocycles. The molecule has 0 aromatic heterocycles. The third-order valence-corrected chi connectivity index (χ3v) is 3.55. The van der Waals surface area contributed by atoms with Gasteiger partial charge in [-0.05, 0) is 36.2 Å². The summed E-state index contributed by atoms with van der Waals surface area (Å²) in [5.74, 6) is -2.29. The number of hydrogen-bond donors (Lipinski definition) is 3. The number of carbonyl (C=O) groups is 3. The third kappa shape index (κ3) is 6.39. The van der Waals surface area contributed by atoms with E-state index in [1.54, 1.807) is 18.2 Å². The van der Waals surface area contributed by atoms with Gasteiger partial charge in [0, 0.05) is 23.7 Å². The topological polar surface area (TPSA) is 105 Å². The molecule has 28 heavy (non-hydrogen) atoms. The number of ether oxygens (including phenoxy) is 1. The van der Waals surface area contributed by atoms with E-state index >= 15 is 0 Å². The Bertz CT molecular complexity index is 883. The van der Waals surface area contributed by atoms with Crippen LogP contribution in [0.4, 0.5) is 15.8 Å². The van der Waals surface area contributed by atoms with Crippen LogP contribution in [0.25, 0.3) is 0 Å². The summed E-state index contributed by atoms with van der Waals surface area (Å²) in [6, 6.07) is 9.93. The number of anilines is 2. The number of carboxylic acids is 1. The highest BCUT2D eigenvalue weighted by Gasteiger charge is 2.13. The highest BCUT2D eigenvalue weighted by molar-refractivity contribution is 6.04. The minimum absolute atomic E-state index is 0.00580. The second kappa shape index (κ2) is 9.50. The van der Waals surface area contributed by atoms with Gasteiger partial charge in [0.25, 0.3) is 5.91 Å². The van der Waals surface area contributed by atoms with Gasteiger partial charge in [0.2, 0.25) is 5.91 Å². The molecule has 0 atom stereocenters. The minimum atomic E-state index is -1.12. The number of carbonyl (C=O) groups excluding carboxylic acids is 2. The first kappa shape index (κ1) is 20.9. The van der Waals surface area contributed by atoms with Crippen LogP contribution in [0.3, 0.4) is 0 Å². The van der Waals surface area contributed by atoms with Crippen molar-refractivity contribution in [1.82, 2.24) is 0 Å². The number of aliphatic carboxylic acids is 1. The molecule has 0 saturated carbocycles. The summed E-state index contributed by atoms with van der Waals surface area (Å²) < 4.78 is 19.3. The van der Waals surface area contributed by atoms with Crippen LogP contribution in [0.2, 0.25) is 0 Å². The second-order valence-corrected chi connectivity index (χ2v) is 6.51. The summed E-state index contributed by atoms with van der Waals surface area (Å²) in [7, 11) is 0. The van der Waals surface area contributed by atoms with E-state index in [4.69, 9.17) is 9.84 Å². The molecule has 148 valence electrons. The molecule has 8 heteroatoms. The summed E-state index contributed by atoms with van der Waals surface area (Å²) in [6.07, 6.45) is 0.266. The van der Waals surface area contributed by atoms with Crippen molar-refractivity contribution in [3.8, 4) is 5.75 Å². The van der Waals surface area contributed by atoms with Crippen LogP contribution in [0.1, 0.15) is 30.6 Å². The van der Waals surface area contributed by atoms with Crippen molar-refractivity contribution >= 4 is 29.2 Å². The zero-order chi connectivity index (χ0) is 20.7. The lowest BCUT2D eigenvalue weighted by atomic mass is 10.1. The number of hydrogen-bond acceptors (Lipinski definition) is 4. The SMILES string of the molecule is CC(C)CC(=O)Nc1ccc(C(=O)Nc2cccc(OCC(=O)O)c2)cc1F. The first-order valence-corrected chi connectivity index (χ1v) is 8.60. The molecule has 0 spiro atoms. The van der Waals surface area contributed by atoms with Crippen LogP contribution >= 0.6 is 0 Å². The molecule has 2 aromatic rings. The van der Waals surface area contributed by atoms with Crippen molar-refractivity contribution in [3.63, 3.8) is 0 Å². The average Bonchev–Trinajstić information content (AvgIpc) is 2.61. The molecule has 0 radical (unpaired) electrons. The summed E-state index contributed by atoms with van der Waals surface area (Å²) in [5, 5.41) is 13.7. The summed E-state index contributed by atoms with van der Waals surface area (Å²) in [5.41, 5.74) is 0.435. The number of benzene rings is 2. The quantitative estimate of drug-likeness (QED) is 0.642. The van der Waals surface area contributed by atoms with Crippen molar-refractivity contribution in [2.75, 3.05) is 17.2 Å². The van der Waals surface area contributed by atoms with Gasteiger partial charge in [-0.25, -0.2) is 9.18 Å². The van der Waals surface area contributed by atoms with Crippen LogP contribution in [0.5, 0.6) is 5.75 Å². The Morgan fingerprint density at radius 3 is 2.50 bits per heavy atom. The van der Waals surface area contributed by atoms with Crippen molar-refractivity contribution in [2.24, 2.45) is 5.92 Å². The Labute approximate surface area is 161 Å². The number of nitrogens with one attached hydrogen (secondary N) is 2. The molecule has 0 bridgehead atoms. The summed E-state index contributed by atoms with van der Waals surface area (Å²) in [6.45, 7) is 3.25. The minimum Gasteiger partial charge on any atom is -0.482 e. The van der Waals surface area contributed by atoms with Gasteiger partial charge in [-0.3, -0.25) is 9.59 Å². The molecule has 0 aliphatic rings. The predicted octanol–water partition coefficient (Wildman–Crippen LogP) is 3.53. The standard InChI is InChI=1S/C20H21FN2O5/c1-12(2)8-18(24)23-17-7-6-13(9-16(17)21)20(27)22-14-4-3-5-15(10-14)28-11-19(25)26/h3-7,9-10,12H,8,11H2,1-2H3,(H,22,27)(H,23,24)(H,25,26). The Balaban J connectivity index is 2.04. The fraction of sp³-hybridized carbons (Fsp3) is 0.250. The van der Waals surface area contributed by atoms with Gasteiger partial charge in [-0.1, -0.05) is 19.9 Å². The Morgan fingerprint density at radius 2 is 1.86 bits per heavy atom. The molecular weight excluding hydrogens is 367 g/mol. The van der Waals surface area contributed by atoms with Crippen LogP contribution in [0.15, 0.2) is 42.5 Å². The monoisotopic (exact) mass is 388 g/mol. The zero-order valence-corrected chi connectivity index (χ0v) is 15.5. The number of halogens is 1. The van der Waals surface area contributed by atoms with Crippen molar-refractivity contribution in [2.45, 2.75) is 20.3 Å². The second-order valence-electron chi connectivity index (χ2n) is 6.51. The molecular formula is C20H21FN2O5. The van der Waals surface area contributed by atoms with E-state index < -0.39 is 24.3 Å². The van der Waals surface area contributed by atoms with Gasteiger partial charge in [-0.2, -0.15) is 0 Å². The molecule has 2 amide bonds. The van der Waals surface area contributed by atoms with Gasteiger partial charge in [0.1, 0.15) is 11.6 Å². The highest BCUT2D eigenvalue weighted by Crippen LogP contribution is 2.20. The van der Waals surface area contributed by atoms with Crippen molar-refractivity contribution in [3.05, 3.63) is 53.8 Å². The molecule has 3 N–H and O–H groups in total. The molecule has 0 unspecified atom stereocenters. The van der Waals surface area contributed by atoms with Crippen molar-refractivity contribution in [1.29, 1.82) is 0 Å². The van der Waals surface area contributed by atoms with E-state index in [9.17, 15) is 18.8 Å². The van der Waals surface area contributed by atoms with Gasteiger partial charge >= 0.3 is 5.97 Å². The number of rotatable bonds is 8. The van der Waals surface area contributed by atoms with E-state index in [1.807, 2.05) is 13.8 Å². The molecule has 2 rings (SSSR count). The van der Waals surface area contributed by atoms with E-state index in [0.29, 0.717) is 5.69 Å².